The van der Waals surface area contributed by atoms with E-state index in [1.165, 1.54) is 18.2 Å². The van der Waals surface area contributed by atoms with Crippen LogP contribution in [0, 0.1) is 0 Å². The first-order chi connectivity index (χ1) is 9.72. The molecule has 1 aromatic rings. The van der Waals surface area contributed by atoms with Gasteiger partial charge < -0.3 is 5.11 Å². The number of rotatable bonds is 3. The van der Waals surface area contributed by atoms with Gasteiger partial charge in [-0.15, -0.1) is 0 Å². The minimum atomic E-state index is -4.85. The van der Waals surface area contributed by atoms with Gasteiger partial charge in [-0.2, -0.15) is 13.2 Å². The van der Waals surface area contributed by atoms with Crippen LogP contribution in [0.1, 0.15) is 31.2 Å². The quantitative estimate of drug-likeness (QED) is 0.908. The molecule has 0 radical (unpaired) electrons. The number of hydrogen-bond acceptors (Lipinski definition) is 2. The number of halogens is 4. The van der Waals surface area contributed by atoms with E-state index in [2.05, 4.69) is 0 Å². The highest BCUT2D eigenvalue weighted by Gasteiger charge is 2.55. The lowest BCUT2D eigenvalue weighted by atomic mass is 9.83. The molecule has 1 atom stereocenters. The summed E-state index contributed by atoms with van der Waals surface area (Å²) >= 11 is 5.67. The van der Waals surface area contributed by atoms with Crippen LogP contribution in [0.2, 0.25) is 5.02 Å². The molecule has 1 N–H and O–H groups in total. The van der Waals surface area contributed by atoms with E-state index >= 15 is 0 Å². The van der Waals surface area contributed by atoms with Gasteiger partial charge in [-0.3, -0.25) is 4.79 Å². The van der Waals surface area contributed by atoms with Crippen LogP contribution in [0.3, 0.4) is 0 Å². The predicted octanol–water partition coefficient (Wildman–Crippen LogP) is 4.16. The second-order valence-corrected chi connectivity index (χ2v) is 5.60. The van der Waals surface area contributed by atoms with Gasteiger partial charge in [0.2, 0.25) is 0 Å². The number of alkyl halides is 3. The lowest BCUT2D eigenvalue weighted by Crippen LogP contribution is -2.42. The predicted molar refractivity (Wildman–Crippen MR) is 73.0 cm³/mol. The maximum absolute atomic E-state index is 13.3. The third-order valence-corrected chi connectivity index (χ3v) is 3.81. The van der Waals surface area contributed by atoms with Crippen LogP contribution in [0.15, 0.2) is 35.9 Å². The molecule has 1 aliphatic rings. The van der Waals surface area contributed by atoms with Crippen LogP contribution in [0.25, 0.3) is 0 Å². The van der Waals surface area contributed by atoms with Gasteiger partial charge in [0.1, 0.15) is 0 Å². The maximum Gasteiger partial charge on any atom is 0.421 e. The fraction of sp³-hybridized carbons (Fsp3) is 0.400. The zero-order valence-corrected chi connectivity index (χ0v) is 11.8. The van der Waals surface area contributed by atoms with E-state index in [0.29, 0.717) is 24.8 Å². The molecule has 1 aromatic carbocycles. The van der Waals surface area contributed by atoms with Crippen molar-refractivity contribution in [1.29, 1.82) is 0 Å². The largest absolute Gasteiger partial charge is 0.421 e. The van der Waals surface area contributed by atoms with Crippen molar-refractivity contribution < 1.29 is 23.1 Å². The summed E-state index contributed by atoms with van der Waals surface area (Å²) in [7, 11) is 0. The van der Waals surface area contributed by atoms with Gasteiger partial charge in [0.15, 0.2) is 11.4 Å². The molecule has 0 spiro atoms. The highest BCUT2D eigenvalue weighted by atomic mass is 35.5. The van der Waals surface area contributed by atoms with Gasteiger partial charge in [-0.05, 0) is 36.6 Å². The molecule has 21 heavy (non-hydrogen) atoms. The normalized spacial score (nSPS) is 19.1. The molecule has 1 aliphatic carbocycles. The highest BCUT2D eigenvalue weighted by Crippen LogP contribution is 2.44. The minimum absolute atomic E-state index is 0.197. The summed E-state index contributed by atoms with van der Waals surface area (Å²) in [6.07, 6.45) is -3.02. The van der Waals surface area contributed by atoms with Crippen LogP contribution in [0.4, 0.5) is 13.2 Å². The lowest BCUT2D eigenvalue weighted by Gasteiger charge is -2.32. The summed E-state index contributed by atoms with van der Waals surface area (Å²) in [4.78, 5) is 11.3. The number of benzene rings is 1. The molecule has 0 unspecified atom stereocenters. The molecule has 2 rings (SSSR count). The fourth-order valence-electron chi connectivity index (χ4n) is 2.42. The SMILES string of the molecule is O=C1C=C(C[C@](O)(c2ccc(Cl)cc2)C(F)(F)F)CCC1. The first kappa shape index (κ1) is 16.0. The molecule has 0 aliphatic heterocycles. The van der Waals surface area contributed by atoms with Crippen molar-refractivity contribution in [3.8, 4) is 0 Å². The Hall–Kier alpha value is -1.33. The minimum Gasteiger partial charge on any atom is -0.376 e. The second-order valence-electron chi connectivity index (χ2n) is 5.16. The van der Waals surface area contributed by atoms with Crippen molar-refractivity contribution in [1.82, 2.24) is 0 Å². The summed E-state index contributed by atoms with van der Waals surface area (Å²) in [6, 6.07) is 4.91. The van der Waals surface area contributed by atoms with Crippen LogP contribution in [0.5, 0.6) is 0 Å². The molecule has 0 saturated heterocycles. The number of carbonyl (C=O) groups excluding carboxylic acids is 1. The van der Waals surface area contributed by atoms with Gasteiger partial charge in [-0.1, -0.05) is 29.3 Å². The summed E-state index contributed by atoms with van der Waals surface area (Å²) in [5.41, 5.74) is -2.97. The van der Waals surface area contributed by atoms with E-state index in [1.54, 1.807) is 0 Å². The Labute approximate surface area is 125 Å². The van der Waals surface area contributed by atoms with Crippen molar-refractivity contribution in [2.45, 2.75) is 37.5 Å². The highest BCUT2D eigenvalue weighted by molar-refractivity contribution is 6.30. The molecule has 6 heteroatoms. The Morgan fingerprint density at radius 3 is 2.29 bits per heavy atom. The standard InChI is InChI=1S/C15H14ClF3O2/c16-12-6-4-11(5-7-12)14(21,15(17,18)19)9-10-2-1-3-13(20)8-10/h4-8,21H,1-3,9H2/t14-/m0/s1. The Morgan fingerprint density at radius 2 is 1.76 bits per heavy atom. The van der Waals surface area contributed by atoms with E-state index in [-0.39, 0.29) is 16.4 Å². The van der Waals surface area contributed by atoms with Gasteiger partial charge >= 0.3 is 6.18 Å². The molecule has 0 aromatic heterocycles. The molecular weight excluding hydrogens is 305 g/mol. The molecule has 114 valence electrons. The first-order valence-electron chi connectivity index (χ1n) is 6.50. The summed E-state index contributed by atoms with van der Waals surface area (Å²) in [6.45, 7) is 0. The van der Waals surface area contributed by atoms with Crippen molar-refractivity contribution in [3.63, 3.8) is 0 Å². The number of ketones is 1. The Bertz CT molecular complexity index is 563. The monoisotopic (exact) mass is 318 g/mol. The van der Waals surface area contributed by atoms with Crippen LogP contribution in [-0.2, 0) is 10.4 Å². The van der Waals surface area contributed by atoms with E-state index in [4.69, 9.17) is 11.6 Å². The van der Waals surface area contributed by atoms with E-state index in [1.807, 2.05) is 0 Å². The average molecular weight is 319 g/mol. The molecule has 0 bridgehead atoms. The third-order valence-electron chi connectivity index (χ3n) is 3.56. The van der Waals surface area contributed by atoms with Crippen molar-refractivity contribution in [2.75, 3.05) is 0 Å². The topological polar surface area (TPSA) is 37.3 Å². The van der Waals surface area contributed by atoms with Crippen molar-refractivity contribution in [3.05, 3.63) is 46.5 Å². The smallest absolute Gasteiger partial charge is 0.376 e. The van der Waals surface area contributed by atoms with Gasteiger partial charge in [0.25, 0.3) is 0 Å². The number of allylic oxidation sites excluding steroid dienone is 1. The summed E-state index contributed by atoms with van der Waals surface area (Å²) < 4.78 is 40.0. The van der Waals surface area contributed by atoms with Crippen LogP contribution in [-0.4, -0.2) is 17.1 Å². The molecule has 0 saturated carbocycles. The number of carbonyl (C=O) groups is 1. The van der Waals surface area contributed by atoms with Gasteiger partial charge in [0, 0.05) is 17.9 Å². The van der Waals surface area contributed by atoms with E-state index < -0.39 is 18.2 Å². The van der Waals surface area contributed by atoms with E-state index in [9.17, 15) is 23.1 Å². The van der Waals surface area contributed by atoms with Crippen molar-refractivity contribution in [2.24, 2.45) is 0 Å². The molecule has 0 fully saturated rings. The van der Waals surface area contributed by atoms with Crippen LogP contribution < -0.4 is 0 Å². The number of hydrogen-bond donors (Lipinski definition) is 1. The van der Waals surface area contributed by atoms with Gasteiger partial charge in [0.05, 0.1) is 0 Å². The Balaban J connectivity index is 2.38. The zero-order valence-electron chi connectivity index (χ0n) is 11.1. The van der Waals surface area contributed by atoms with E-state index in [0.717, 1.165) is 12.1 Å². The molecular formula is C15H14ClF3O2. The van der Waals surface area contributed by atoms with Gasteiger partial charge in [-0.25, -0.2) is 0 Å². The Kier molecular flexibility index (Phi) is 4.44. The molecule has 2 nitrogen and oxygen atoms in total. The maximum atomic E-state index is 13.3. The summed E-state index contributed by atoms with van der Waals surface area (Å²) in [5.74, 6) is -0.197. The number of aliphatic hydroxyl groups is 1. The lowest BCUT2D eigenvalue weighted by molar-refractivity contribution is -0.266. The fourth-order valence-corrected chi connectivity index (χ4v) is 2.55. The Morgan fingerprint density at radius 1 is 1.14 bits per heavy atom. The third kappa shape index (κ3) is 3.47. The summed E-state index contributed by atoms with van der Waals surface area (Å²) in [5, 5.41) is 10.5. The zero-order chi connectivity index (χ0) is 15.7. The molecule has 0 heterocycles. The first-order valence-corrected chi connectivity index (χ1v) is 6.87. The molecule has 0 amide bonds. The van der Waals surface area contributed by atoms with Crippen LogP contribution >= 0.6 is 11.6 Å². The second kappa shape index (κ2) is 5.81. The van der Waals surface area contributed by atoms with Crippen molar-refractivity contribution >= 4 is 17.4 Å². The average Bonchev–Trinajstić information content (AvgIpc) is 2.38.